The van der Waals surface area contributed by atoms with Gasteiger partial charge < -0.3 is 5.32 Å². The summed E-state index contributed by atoms with van der Waals surface area (Å²) in [6.45, 7) is 29.3. The number of hydrogen-bond donors (Lipinski definition) is 1. The molecule has 2 rings (SSSR count). The SMILES string of the molecule is C=C(C)NC[C@H](C)CCC.C=C(C)c1cc(F)c(/C(C)=C/C)cc1CCCc1cccc(F)c1.CC.CCC. The molecular weight excluding hydrogens is 484 g/mol. The average Bonchev–Trinajstić information content (AvgIpc) is 2.90. The second-order valence-corrected chi connectivity index (χ2v) is 9.99. The van der Waals surface area contributed by atoms with Crippen molar-refractivity contribution >= 4 is 11.1 Å². The highest BCUT2D eigenvalue weighted by molar-refractivity contribution is 5.71. The Bertz CT molecular complexity index is 988. The van der Waals surface area contributed by atoms with Crippen molar-refractivity contribution in [2.24, 2.45) is 5.92 Å². The summed E-state index contributed by atoms with van der Waals surface area (Å²) in [6, 6.07) is 10.2. The molecule has 0 aliphatic rings. The van der Waals surface area contributed by atoms with Gasteiger partial charge in [0.2, 0.25) is 0 Å². The van der Waals surface area contributed by atoms with Crippen molar-refractivity contribution in [3.63, 3.8) is 0 Å². The van der Waals surface area contributed by atoms with E-state index in [0.29, 0.717) is 5.56 Å². The molecule has 2 aromatic rings. The molecule has 3 heteroatoms. The molecule has 1 atom stereocenters. The second-order valence-electron chi connectivity index (χ2n) is 9.99. The molecule has 220 valence electrons. The molecule has 1 nitrogen and oxygen atoms in total. The Hall–Kier alpha value is -2.68. The van der Waals surface area contributed by atoms with E-state index in [1.807, 2.05) is 59.8 Å². The van der Waals surface area contributed by atoms with E-state index in [-0.39, 0.29) is 11.6 Å². The first-order valence-corrected chi connectivity index (χ1v) is 14.8. The number of halogens is 2. The van der Waals surface area contributed by atoms with Gasteiger partial charge in [0.15, 0.2) is 0 Å². The highest BCUT2D eigenvalue weighted by atomic mass is 19.1. The summed E-state index contributed by atoms with van der Waals surface area (Å²) in [5.74, 6) is 0.363. The highest BCUT2D eigenvalue weighted by Gasteiger charge is 2.12. The van der Waals surface area contributed by atoms with Crippen molar-refractivity contribution < 1.29 is 8.78 Å². The van der Waals surface area contributed by atoms with Crippen LogP contribution in [0.2, 0.25) is 0 Å². The van der Waals surface area contributed by atoms with Crippen LogP contribution in [0, 0.1) is 17.6 Å². The molecule has 0 heterocycles. The van der Waals surface area contributed by atoms with E-state index in [1.165, 1.54) is 25.3 Å². The van der Waals surface area contributed by atoms with Crippen LogP contribution in [0.3, 0.4) is 0 Å². The zero-order chi connectivity index (χ0) is 30.4. The first-order chi connectivity index (χ1) is 18.5. The Balaban J connectivity index is 0. The lowest BCUT2D eigenvalue weighted by Crippen LogP contribution is -2.18. The molecule has 0 spiro atoms. The number of nitrogens with one attached hydrogen (secondary N) is 1. The molecular formula is C36H57F2N. The fourth-order valence-corrected chi connectivity index (χ4v) is 3.80. The molecule has 0 amide bonds. The van der Waals surface area contributed by atoms with Gasteiger partial charge in [-0.15, -0.1) is 0 Å². The van der Waals surface area contributed by atoms with E-state index in [2.05, 4.69) is 46.2 Å². The molecule has 0 saturated carbocycles. The molecule has 1 N–H and O–H groups in total. The average molecular weight is 542 g/mol. The van der Waals surface area contributed by atoms with Crippen molar-refractivity contribution in [3.8, 4) is 0 Å². The largest absolute Gasteiger partial charge is 0.389 e. The Morgan fingerprint density at radius 3 is 2.05 bits per heavy atom. The van der Waals surface area contributed by atoms with E-state index in [4.69, 9.17) is 0 Å². The van der Waals surface area contributed by atoms with E-state index in [0.717, 1.165) is 65.3 Å². The molecule has 0 saturated heterocycles. The number of benzene rings is 2. The maximum atomic E-state index is 14.3. The van der Waals surface area contributed by atoms with Crippen molar-refractivity contribution in [3.05, 3.63) is 95.2 Å². The Morgan fingerprint density at radius 1 is 0.949 bits per heavy atom. The van der Waals surface area contributed by atoms with Crippen molar-refractivity contribution in [2.45, 2.75) is 108 Å². The van der Waals surface area contributed by atoms with Crippen LogP contribution in [0.4, 0.5) is 8.78 Å². The maximum absolute atomic E-state index is 14.3. The fraction of sp³-hybridized carbons (Fsp3) is 0.500. The number of allylic oxidation sites excluding steroid dienone is 4. The normalized spacial score (nSPS) is 11.0. The van der Waals surface area contributed by atoms with Gasteiger partial charge in [-0.1, -0.05) is 91.3 Å². The summed E-state index contributed by atoms with van der Waals surface area (Å²) in [6.07, 6.45) is 8.23. The standard InChI is InChI=1S/C22H24F2.C9H19N.C3H8.C2H6/c1-5-16(4)21-13-18(20(15(2)3)14-22(21)24)10-6-8-17-9-7-11-19(23)12-17;1-5-6-9(4)7-10-8(2)3;1-3-2;1-2/h5,7,9,11-14H,2,6,8,10H2,1,3-4H3;9-10H,2,5-7H2,1,3-4H3;3H2,1-2H3;1-2H3/b16-5+;;;/t;9-;;/m.1../s1. The minimum Gasteiger partial charge on any atom is -0.389 e. The van der Waals surface area contributed by atoms with Crippen molar-refractivity contribution in [2.75, 3.05) is 6.54 Å². The number of aryl methyl sites for hydroxylation is 2. The van der Waals surface area contributed by atoms with Crippen LogP contribution in [-0.4, -0.2) is 6.54 Å². The van der Waals surface area contributed by atoms with Crippen LogP contribution >= 0.6 is 0 Å². The third kappa shape index (κ3) is 17.5. The van der Waals surface area contributed by atoms with Gasteiger partial charge in [-0.3, -0.25) is 0 Å². The van der Waals surface area contributed by atoms with Gasteiger partial charge in [0.25, 0.3) is 0 Å². The first-order valence-electron chi connectivity index (χ1n) is 14.8. The third-order valence-corrected chi connectivity index (χ3v) is 5.84. The Kier molecular flexibility index (Phi) is 22.9. The molecule has 0 fully saturated rings. The quantitative estimate of drug-likeness (QED) is 0.298. The minimum absolute atomic E-state index is 0.206. The smallest absolute Gasteiger partial charge is 0.131 e. The first kappa shape index (κ1) is 38.5. The zero-order valence-corrected chi connectivity index (χ0v) is 26.7. The van der Waals surface area contributed by atoms with Gasteiger partial charge in [-0.2, -0.15) is 0 Å². The van der Waals surface area contributed by atoms with Crippen molar-refractivity contribution in [1.82, 2.24) is 5.32 Å². The maximum Gasteiger partial charge on any atom is 0.131 e. The van der Waals surface area contributed by atoms with E-state index < -0.39 is 0 Å². The van der Waals surface area contributed by atoms with Gasteiger partial charge in [0.05, 0.1) is 0 Å². The van der Waals surface area contributed by atoms with Gasteiger partial charge >= 0.3 is 0 Å². The summed E-state index contributed by atoms with van der Waals surface area (Å²) in [5, 5.41) is 3.24. The van der Waals surface area contributed by atoms with Crippen LogP contribution in [0.1, 0.15) is 117 Å². The Labute approximate surface area is 240 Å². The lowest BCUT2D eigenvalue weighted by atomic mass is 9.92. The van der Waals surface area contributed by atoms with E-state index >= 15 is 0 Å². The lowest BCUT2D eigenvalue weighted by Gasteiger charge is -2.14. The molecule has 0 bridgehead atoms. The number of rotatable bonds is 11. The minimum atomic E-state index is -0.211. The second kappa shape index (κ2) is 23.2. The summed E-state index contributed by atoms with van der Waals surface area (Å²) >= 11 is 0. The summed E-state index contributed by atoms with van der Waals surface area (Å²) in [5.41, 5.74) is 6.45. The molecule has 0 aromatic heterocycles. The van der Waals surface area contributed by atoms with E-state index in [1.54, 1.807) is 18.2 Å². The van der Waals surface area contributed by atoms with Crippen LogP contribution in [0.25, 0.3) is 11.1 Å². The topological polar surface area (TPSA) is 12.0 Å². The Morgan fingerprint density at radius 2 is 1.56 bits per heavy atom. The predicted octanol–water partition coefficient (Wildman–Crippen LogP) is 11.6. The van der Waals surface area contributed by atoms with Gasteiger partial charge in [0, 0.05) is 17.8 Å². The van der Waals surface area contributed by atoms with Crippen LogP contribution < -0.4 is 5.32 Å². The van der Waals surface area contributed by atoms with Gasteiger partial charge in [-0.25, -0.2) is 8.78 Å². The van der Waals surface area contributed by atoms with E-state index in [9.17, 15) is 8.78 Å². The summed E-state index contributed by atoms with van der Waals surface area (Å²) < 4.78 is 27.6. The van der Waals surface area contributed by atoms with Gasteiger partial charge in [-0.05, 0) is 106 Å². The number of hydrogen-bond acceptors (Lipinski definition) is 1. The highest BCUT2D eigenvalue weighted by Crippen LogP contribution is 2.27. The lowest BCUT2D eigenvalue weighted by molar-refractivity contribution is 0.500. The molecule has 0 aliphatic carbocycles. The van der Waals surface area contributed by atoms with Crippen LogP contribution in [0.15, 0.2) is 61.3 Å². The fourth-order valence-electron chi connectivity index (χ4n) is 3.80. The van der Waals surface area contributed by atoms with Crippen molar-refractivity contribution in [1.29, 1.82) is 0 Å². The monoisotopic (exact) mass is 541 g/mol. The molecule has 0 unspecified atom stereocenters. The van der Waals surface area contributed by atoms with Gasteiger partial charge in [0.1, 0.15) is 11.6 Å². The summed E-state index contributed by atoms with van der Waals surface area (Å²) in [7, 11) is 0. The van der Waals surface area contributed by atoms with Crippen LogP contribution in [-0.2, 0) is 12.8 Å². The van der Waals surface area contributed by atoms with Crippen LogP contribution in [0.5, 0.6) is 0 Å². The molecule has 39 heavy (non-hydrogen) atoms. The summed E-state index contributed by atoms with van der Waals surface area (Å²) in [4.78, 5) is 0. The molecule has 2 aromatic carbocycles. The zero-order valence-electron chi connectivity index (χ0n) is 26.7. The molecule has 0 aliphatic heterocycles. The third-order valence-electron chi connectivity index (χ3n) is 5.84. The predicted molar refractivity (Wildman–Crippen MR) is 173 cm³/mol. The molecule has 0 radical (unpaired) electrons.